The van der Waals surface area contributed by atoms with E-state index in [0.717, 1.165) is 5.69 Å². The minimum absolute atomic E-state index is 0.233. The zero-order valence-electron chi connectivity index (χ0n) is 9.80. The monoisotopic (exact) mass is 247 g/mol. The second kappa shape index (κ2) is 5.28. The van der Waals surface area contributed by atoms with Gasteiger partial charge >= 0.3 is 0 Å². The Morgan fingerprint density at radius 1 is 1.50 bits per heavy atom. The molecule has 0 aromatic carbocycles. The summed E-state index contributed by atoms with van der Waals surface area (Å²) in [7, 11) is 0. The fourth-order valence-electron chi connectivity index (χ4n) is 1.42. The summed E-state index contributed by atoms with van der Waals surface area (Å²) in [5, 5.41) is 6.44. The number of rotatable bonds is 4. The van der Waals surface area contributed by atoms with Crippen molar-refractivity contribution in [2.75, 3.05) is 5.43 Å². The van der Waals surface area contributed by atoms with Crippen molar-refractivity contribution >= 4 is 11.7 Å². The largest absolute Gasteiger partial charge is 0.359 e. The fourth-order valence-corrected chi connectivity index (χ4v) is 1.42. The number of hydrogen-bond acceptors (Lipinski definition) is 6. The third-order valence-corrected chi connectivity index (χ3v) is 2.27. The molecule has 2 aromatic rings. The molecule has 94 valence electrons. The maximum Gasteiger partial charge on any atom is 0.251 e. The average molecular weight is 247 g/mol. The summed E-state index contributed by atoms with van der Waals surface area (Å²) < 4.78 is 4.99. The summed E-state index contributed by atoms with van der Waals surface area (Å²) in [6, 6.07) is 4.92. The quantitative estimate of drug-likeness (QED) is 0.539. The molecule has 7 nitrogen and oxygen atoms in total. The molecule has 1 amide bonds. The SMILES string of the molecule is Cc1cc(CNC(=O)c2ccnc(NN)c2)on1. The summed E-state index contributed by atoms with van der Waals surface area (Å²) in [5.41, 5.74) is 3.62. The maximum absolute atomic E-state index is 11.8. The number of anilines is 1. The van der Waals surface area contributed by atoms with Crippen LogP contribution in [0.15, 0.2) is 28.9 Å². The fraction of sp³-hybridized carbons (Fsp3) is 0.182. The molecule has 0 bridgehead atoms. The highest BCUT2D eigenvalue weighted by atomic mass is 16.5. The molecule has 0 spiro atoms. The third-order valence-electron chi connectivity index (χ3n) is 2.27. The van der Waals surface area contributed by atoms with Gasteiger partial charge in [-0.15, -0.1) is 0 Å². The van der Waals surface area contributed by atoms with E-state index >= 15 is 0 Å². The second-order valence-electron chi connectivity index (χ2n) is 3.69. The molecule has 0 unspecified atom stereocenters. The highest BCUT2D eigenvalue weighted by Crippen LogP contribution is 2.06. The molecule has 2 aromatic heterocycles. The molecule has 2 heterocycles. The number of nitrogens with zero attached hydrogens (tertiary/aromatic N) is 2. The van der Waals surface area contributed by atoms with Crippen molar-refractivity contribution in [3.05, 3.63) is 41.4 Å². The first-order chi connectivity index (χ1) is 8.69. The Labute approximate surface area is 103 Å². The second-order valence-corrected chi connectivity index (χ2v) is 3.69. The van der Waals surface area contributed by atoms with Crippen molar-refractivity contribution in [3.63, 3.8) is 0 Å². The Hall–Kier alpha value is -2.41. The Bertz CT molecular complexity index is 552. The first-order valence-corrected chi connectivity index (χ1v) is 5.32. The summed E-state index contributed by atoms with van der Waals surface area (Å²) in [6.45, 7) is 2.10. The lowest BCUT2D eigenvalue weighted by Gasteiger charge is -2.04. The predicted molar refractivity (Wildman–Crippen MR) is 64.5 cm³/mol. The minimum Gasteiger partial charge on any atom is -0.359 e. The molecular weight excluding hydrogens is 234 g/mol. The lowest BCUT2D eigenvalue weighted by molar-refractivity contribution is 0.0947. The van der Waals surface area contributed by atoms with E-state index in [4.69, 9.17) is 10.4 Å². The van der Waals surface area contributed by atoms with E-state index in [2.05, 4.69) is 20.9 Å². The van der Waals surface area contributed by atoms with Crippen molar-refractivity contribution in [3.8, 4) is 0 Å². The molecule has 18 heavy (non-hydrogen) atoms. The Morgan fingerprint density at radius 2 is 2.33 bits per heavy atom. The van der Waals surface area contributed by atoms with Crippen molar-refractivity contribution in [2.45, 2.75) is 13.5 Å². The molecule has 4 N–H and O–H groups in total. The zero-order chi connectivity index (χ0) is 13.0. The first-order valence-electron chi connectivity index (χ1n) is 5.32. The van der Waals surface area contributed by atoms with E-state index in [1.54, 1.807) is 18.2 Å². The van der Waals surface area contributed by atoms with Crippen LogP contribution in [0, 0.1) is 6.92 Å². The van der Waals surface area contributed by atoms with Gasteiger partial charge in [0.05, 0.1) is 12.2 Å². The number of nitrogen functional groups attached to an aromatic ring is 1. The van der Waals surface area contributed by atoms with E-state index in [9.17, 15) is 4.79 Å². The molecule has 0 aliphatic carbocycles. The van der Waals surface area contributed by atoms with Crippen LogP contribution in [0.3, 0.4) is 0 Å². The number of hydrogen-bond donors (Lipinski definition) is 3. The highest BCUT2D eigenvalue weighted by Gasteiger charge is 2.08. The molecule has 0 atom stereocenters. The van der Waals surface area contributed by atoms with Gasteiger partial charge in [-0.05, 0) is 19.1 Å². The minimum atomic E-state index is -0.233. The van der Waals surface area contributed by atoms with Crippen LogP contribution < -0.4 is 16.6 Å². The van der Waals surface area contributed by atoms with Gasteiger partial charge in [0.1, 0.15) is 5.82 Å². The Balaban J connectivity index is 1.99. The number of hydrazine groups is 1. The first kappa shape index (κ1) is 12.1. The molecule has 0 saturated heterocycles. The molecule has 0 aliphatic rings. The van der Waals surface area contributed by atoms with Gasteiger partial charge in [-0.3, -0.25) is 4.79 Å². The molecule has 0 radical (unpaired) electrons. The number of aromatic nitrogens is 2. The third kappa shape index (κ3) is 2.83. The maximum atomic E-state index is 11.8. The molecule has 0 aliphatic heterocycles. The topological polar surface area (TPSA) is 106 Å². The zero-order valence-corrected chi connectivity index (χ0v) is 9.80. The number of carbonyl (C=O) groups is 1. The summed E-state index contributed by atoms with van der Waals surface area (Å²) in [5.74, 6) is 6.02. The number of amides is 1. The van der Waals surface area contributed by atoms with Crippen molar-refractivity contribution in [1.82, 2.24) is 15.5 Å². The van der Waals surface area contributed by atoms with E-state index < -0.39 is 0 Å². The average Bonchev–Trinajstić information content (AvgIpc) is 2.82. The number of nitrogens with two attached hydrogens (primary N) is 1. The molecule has 0 saturated carbocycles. The van der Waals surface area contributed by atoms with Gasteiger partial charge in [0.25, 0.3) is 5.91 Å². The molecule has 7 heteroatoms. The smallest absolute Gasteiger partial charge is 0.251 e. The van der Waals surface area contributed by atoms with Crippen LogP contribution in [-0.4, -0.2) is 16.0 Å². The number of carbonyl (C=O) groups excluding carboxylic acids is 1. The van der Waals surface area contributed by atoms with E-state index in [-0.39, 0.29) is 12.5 Å². The van der Waals surface area contributed by atoms with Crippen molar-refractivity contribution in [1.29, 1.82) is 0 Å². The van der Waals surface area contributed by atoms with Crippen LogP contribution in [0.2, 0.25) is 0 Å². The Kier molecular flexibility index (Phi) is 3.54. The van der Waals surface area contributed by atoms with Gasteiger partial charge < -0.3 is 15.3 Å². The van der Waals surface area contributed by atoms with Crippen molar-refractivity contribution < 1.29 is 9.32 Å². The van der Waals surface area contributed by atoms with Gasteiger partial charge in [-0.25, -0.2) is 10.8 Å². The van der Waals surface area contributed by atoms with Crippen LogP contribution in [0.4, 0.5) is 5.82 Å². The van der Waals surface area contributed by atoms with E-state index in [0.29, 0.717) is 17.1 Å². The van der Waals surface area contributed by atoms with Crippen LogP contribution in [0.5, 0.6) is 0 Å². The van der Waals surface area contributed by atoms with Crippen LogP contribution in [0.1, 0.15) is 21.8 Å². The van der Waals surface area contributed by atoms with E-state index in [1.165, 1.54) is 6.20 Å². The van der Waals surface area contributed by atoms with Crippen molar-refractivity contribution in [2.24, 2.45) is 5.84 Å². The van der Waals surface area contributed by atoms with Gasteiger partial charge in [-0.1, -0.05) is 5.16 Å². The summed E-state index contributed by atoms with van der Waals surface area (Å²) >= 11 is 0. The van der Waals surface area contributed by atoms with Gasteiger partial charge in [0, 0.05) is 17.8 Å². The molecule has 0 fully saturated rings. The lowest BCUT2D eigenvalue weighted by Crippen LogP contribution is -2.23. The molecular formula is C11H13N5O2. The van der Waals surface area contributed by atoms with E-state index in [1.807, 2.05) is 6.92 Å². The number of aryl methyl sites for hydroxylation is 1. The normalized spacial score (nSPS) is 10.1. The van der Waals surface area contributed by atoms with Gasteiger partial charge in [0.2, 0.25) is 0 Å². The summed E-state index contributed by atoms with van der Waals surface area (Å²) in [4.78, 5) is 15.7. The lowest BCUT2D eigenvalue weighted by atomic mass is 10.2. The van der Waals surface area contributed by atoms with Gasteiger partial charge in [0.15, 0.2) is 5.76 Å². The summed E-state index contributed by atoms with van der Waals surface area (Å²) in [6.07, 6.45) is 1.50. The Morgan fingerprint density at radius 3 is 3.00 bits per heavy atom. The van der Waals surface area contributed by atoms with Crippen LogP contribution in [-0.2, 0) is 6.54 Å². The number of nitrogens with one attached hydrogen (secondary N) is 2. The highest BCUT2D eigenvalue weighted by molar-refractivity contribution is 5.94. The van der Waals surface area contributed by atoms with Crippen LogP contribution >= 0.6 is 0 Å². The van der Waals surface area contributed by atoms with Crippen LogP contribution in [0.25, 0.3) is 0 Å². The number of pyridine rings is 1. The standard InChI is InChI=1S/C11H13N5O2/c1-7-4-9(18-16-7)6-14-11(17)8-2-3-13-10(5-8)15-12/h2-5H,6,12H2,1H3,(H,13,15)(H,14,17). The predicted octanol–water partition coefficient (Wildman–Crippen LogP) is 0.594. The molecule has 2 rings (SSSR count). The van der Waals surface area contributed by atoms with Gasteiger partial charge in [-0.2, -0.15) is 0 Å².